The molecule has 1 N–H and O–H groups in total. The van der Waals surface area contributed by atoms with E-state index in [0.717, 1.165) is 6.42 Å². The van der Waals surface area contributed by atoms with Crippen molar-refractivity contribution >= 4 is 0 Å². The second-order valence-electron chi connectivity index (χ2n) is 6.85. The molecule has 3 nitrogen and oxygen atoms in total. The molecule has 0 amide bonds. The summed E-state index contributed by atoms with van der Waals surface area (Å²) in [5, 5.41) is 13.0. The number of likely N-dealkylation sites (tertiary alicyclic amines) is 1. The number of rotatable bonds is 6. The Kier molecular flexibility index (Phi) is 4.53. The third kappa shape index (κ3) is 3.49. The maximum Gasteiger partial charge on any atom is 0.105 e. The highest BCUT2D eigenvalue weighted by Gasteiger charge is 2.38. The average molecular weight is 263 g/mol. The molecule has 0 aromatic carbocycles. The maximum atomic E-state index is 9.51. The minimum atomic E-state index is -0.360. The van der Waals surface area contributed by atoms with Crippen LogP contribution in [-0.2, 0) is 0 Å². The first-order valence-electron chi connectivity index (χ1n) is 7.95. The number of nitrogens with zero attached hydrogens (tertiary/aromatic N) is 2. The van der Waals surface area contributed by atoms with Crippen LogP contribution >= 0.6 is 0 Å². The van der Waals surface area contributed by atoms with E-state index < -0.39 is 0 Å². The molecule has 1 saturated carbocycles. The monoisotopic (exact) mass is 263 g/mol. The Labute approximate surface area is 118 Å². The molecule has 19 heavy (non-hydrogen) atoms. The lowest BCUT2D eigenvalue weighted by molar-refractivity contribution is 0.121. The lowest BCUT2D eigenvalue weighted by Gasteiger charge is -2.37. The predicted octanol–water partition coefficient (Wildman–Crippen LogP) is 3.06. The highest BCUT2D eigenvalue weighted by molar-refractivity contribution is 5.09. The van der Waals surface area contributed by atoms with E-state index in [1.807, 2.05) is 0 Å². The molecule has 108 valence electrons. The van der Waals surface area contributed by atoms with Crippen molar-refractivity contribution in [1.29, 1.82) is 5.26 Å². The van der Waals surface area contributed by atoms with Crippen LogP contribution in [0, 0.1) is 11.3 Å². The summed E-state index contributed by atoms with van der Waals surface area (Å²) in [5.74, 6) is 0. The molecule has 0 bridgehead atoms. The van der Waals surface area contributed by atoms with Gasteiger partial charge in [0.1, 0.15) is 5.54 Å². The Balaban J connectivity index is 1.98. The summed E-state index contributed by atoms with van der Waals surface area (Å²) in [6, 6.07) is 4.98. The molecule has 0 aromatic heterocycles. The normalized spacial score (nSPS) is 32.8. The summed E-state index contributed by atoms with van der Waals surface area (Å²) in [5.41, 5.74) is -0.360. The Morgan fingerprint density at radius 1 is 1.37 bits per heavy atom. The van der Waals surface area contributed by atoms with Gasteiger partial charge in [-0.3, -0.25) is 10.2 Å². The second-order valence-corrected chi connectivity index (χ2v) is 6.85. The van der Waals surface area contributed by atoms with Gasteiger partial charge in [-0.25, -0.2) is 0 Å². The van der Waals surface area contributed by atoms with E-state index in [1.165, 1.54) is 32.1 Å². The highest BCUT2D eigenvalue weighted by atomic mass is 15.2. The lowest BCUT2D eigenvalue weighted by Crippen LogP contribution is -2.50. The second kappa shape index (κ2) is 5.81. The zero-order valence-corrected chi connectivity index (χ0v) is 12.9. The molecule has 0 radical (unpaired) electrons. The molecule has 1 saturated heterocycles. The van der Waals surface area contributed by atoms with Crippen molar-refractivity contribution in [3.63, 3.8) is 0 Å². The van der Waals surface area contributed by atoms with Crippen LogP contribution in [0.4, 0.5) is 0 Å². The van der Waals surface area contributed by atoms with E-state index in [2.05, 4.69) is 44.0 Å². The van der Waals surface area contributed by atoms with Gasteiger partial charge in [-0.05, 0) is 59.3 Å². The van der Waals surface area contributed by atoms with Crippen molar-refractivity contribution in [2.24, 2.45) is 0 Å². The van der Waals surface area contributed by atoms with Gasteiger partial charge in [-0.2, -0.15) is 5.26 Å². The first kappa shape index (κ1) is 14.8. The van der Waals surface area contributed by atoms with Crippen LogP contribution in [0.5, 0.6) is 0 Å². The molecule has 3 heteroatoms. The first-order valence-corrected chi connectivity index (χ1v) is 7.95. The number of nitrogens with one attached hydrogen (secondary N) is 1. The third-order valence-corrected chi connectivity index (χ3v) is 4.88. The van der Waals surface area contributed by atoms with Crippen LogP contribution < -0.4 is 5.32 Å². The predicted molar refractivity (Wildman–Crippen MR) is 78.9 cm³/mol. The maximum absolute atomic E-state index is 9.51. The summed E-state index contributed by atoms with van der Waals surface area (Å²) in [4.78, 5) is 2.66. The average Bonchev–Trinajstić information content (AvgIpc) is 3.09. The van der Waals surface area contributed by atoms with Crippen LogP contribution in [0.25, 0.3) is 0 Å². The molecule has 2 fully saturated rings. The zero-order valence-electron chi connectivity index (χ0n) is 12.9. The summed E-state index contributed by atoms with van der Waals surface area (Å²) in [6.07, 6.45) is 7.27. The van der Waals surface area contributed by atoms with Crippen LogP contribution in [0.2, 0.25) is 0 Å². The molecule has 2 rings (SSSR count). The smallest absolute Gasteiger partial charge is 0.105 e. The van der Waals surface area contributed by atoms with Crippen molar-refractivity contribution < 1.29 is 0 Å². The van der Waals surface area contributed by atoms with Crippen molar-refractivity contribution in [2.75, 3.05) is 0 Å². The topological polar surface area (TPSA) is 39.1 Å². The summed E-state index contributed by atoms with van der Waals surface area (Å²) >= 11 is 0. The van der Waals surface area contributed by atoms with Crippen molar-refractivity contribution in [2.45, 2.75) is 95.9 Å². The van der Waals surface area contributed by atoms with Crippen LogP contribution in [-0.4, -0.2) is 34.6 Å². The SMILES string of the molecule is CCC1CCC(C)N1C(C)CC(C)(C#N)NC1CC1. The fraction of sp³-hybridized carbons (Fsp3) is 0.938. The third-order valence-electron chi connectivity index (χ3n) is 4.88. The Bertz CT molecular complexity index is 344. The number of hydrogen-bond donors (Lipinski definition) is 1. The van der Waals surface area contributed by atoms with Gasteiger partial charge in [0.2, 0.25) is 0 Å². The lowest BCUT2D eigenvalue weighted by atomic mass is 9.93. The summed E-state index contributed by atoms with van der Waals surface area (Å²) < 4.78 is 0. The van der Waals surface area contributed by atoms with Gasteiger partial charge in [0.15, 0.2) is 0 Å². The van der Waals surface area contributed by atoms with Gasteiger partial charge in [-0.1, -0.05) is 6.92 Å². The van der Waals surface area contributed by atoms with Gasteiger partial charge < -0.3 is 0 Å². The quantitative estimate of drug-likeness (QED) is 0.800. The Morgan fingerprint density at radius 2 is 2.05 bits per heavy atom. The van der Waals surface area contributed by atoms with Crippen molar-refractivity contribution in [3.05, 3.63) is 0 Å². The van der Waals surface area contributed by atoms with E-state index in [1.54, 1.807) is 0 Å². The summed E-state index contributed by atoms with van der Waals surface area (Å²) in [6.45, 7) is 9.00. The van der Waals surface area contributed by atoms with Crippen molar-refractivity contribution in [1.82, 2.24) is 10.2 Å². The Morgan fingerprint density at radius 3 is 2.58 bits per heavy atom. The van der Waals surface area contributed by atoms with E-state index in [9.17, 15) is 5.26 Å². The molecule has 2 aliphatic rings. The van der Waals surface area contributed by atoms with Gasteiger partial charge >= 0.3 is 0 Å². The van der Waals surface area contributed by atoms with Crippen molar-refractivity contribution in [3.8, 4) is 6.07 Å². The molecule has 1 aliphatic carbocycles. The molecular formula is C16H29N3. The zero-order chi connectivity index (χ0) is 14.0. The molecule has 1 aliphatic heterocycles. The van der Waals surface area contributed by atoms with Gasteiger partial charge in [0.05, 0.1) is 6.07 Å². The van der Waals surface area contributed by atoms with E-state index in [4.69, 9.17) is 0 Å². The fourth-order valence-electron chi connectivity index (χ4n) is 3.81. The summed E-state index contributed by atoms with van der Waals surface area (Å²) in [7, 11) is 0. The van der Waals surface area contributed by atoms with E-state index in [0.29, 0.717) is 24.2 Å². The number of nitriles is 1. The van der Waals surface area contributed by atoms with Crippen LogP contribution in [0.1, 0.15) is 66.2 Å². The first-order chi connectivity index (χ1) is 8.99. The van der Waals surface area contributed by atoms with E-state index >= 15 is 0 Å². The number of hydrogen-bond acceptors (Lipinski definition) is 3. The molecule has 4 unspecified atom stereocenters. The molecule has 4 atom stereocenters. The standard InChI is InChI=1S/C16H29N3/c1-5-15-9-6-12(2)19(15)13(3)10-16(4,11-17)18-14-7-8-14/h12-15,18H,5-10H2,1-4H3. The highest BCUT2D eigenvalue weighted by Crippen LogP contribution is 2.32. The van der Waals surface area contributed by atoms with Crippen LogP contribution in [0.3, 0.4) is 0 Å². The van der Waals surface area contributed by atoms with Crippen LogP contribution in [0.15, 0.2) is 0 Å². The minimum absolute atomic E-state index is 0.360. The molecular weight excluding hydrogens is 234 g/mol. The van der Waals surface area contributed by atoms with E-state index in [-0.39, 0.29) is 5.54 Å². The Hall–Kier alpha value is -0.590. The van der Waals surface area contributed by atoms with Gasteiger partial charge in [0.25, 0.3) is 0 Å². The molecule has 0 spiro atoms. The van der Waals surface area contributed by atoms with Gasteiger partial charge in [0, 0.05) is 24.2 Å². The molecule has 1 heterocycles. The fourth-order valence-corrected chi connectivity index (χ4v) is 3.81. The molecule has 0 aromatic rings. The minimum Gasteiger partial charge on any atom is -0.297 e. The largest absolute Gasteiger partial charge is 0.297 e. The van der Waals surface area contributed by atoms with Gasteiger partial charge in [-0.15, -0.1) is 0 Å².